The summed E-state index contributed by atoms with van der Waals surface area (Å²) >= 11 is 0. The van der Waals surface area contributed by atoms with Gasteiger partial charge in [0.1, 0.15) is 0 Å². The molecule has 1 aliphatic rings. The molecule has 1 rings (SSSR count). The molecule has 0 aromatic carbocycles. The van der Waals surface area contributed by atoms with E-state index in [-0.39, 0.29) is 17.6 Å². The Labute approximate surface area is 152 Å². The van der Waals surface area contributed by atoms with Gasteiger partial charge in [0.05, 0.1) is 0 Å². The van der Waals surface area contributed by atoms with Crippen LogP contribution < -0.4 is 5.32 Å². The van der Waals surface area contributed by atoms with Crippen LogP contribution >= 0.6 is 0 Å². The Balaban J connectivity index is 2.42. The molecule has 0 spiro atoms. The molecule has 4 nitrogen and oxygen atoms in total. The van der Waals surface area contributed by atoms with Crippen molar-refractivity contribution in [3.8, 4) is 0 Å². The molecular formula is C21H33NO3. The van der Waals surface area contributed by atoms with Crippen molar-refractivity contribution in [3.63, 3.8) is 0 Å². The molecule has 0 saturated carbocycles. The number of ether oxygens (including phenoxy) is 1. The maximum atomic E-state index is 11.9. The Hall–Kier alpha value is -1.80. The summed E-state index contributed by atoms with van der Waals surface area (Å²) in [5, 5.41) is 2.63. The van der Waals surface area contributed by atoms with Gasteiger partial charge in [0.2, 0.25) is 5.88 Å². The average molecular weight is 347 g/mol. The summed E-state index contributed by atoms with van der Waals surface area (Å²) in [6, 6.07) is 0. The molecule has 1 unspecified atom stereocenters. The molecule has 140 valence electrons. The lowest BCUT2D eigenvalue weighted by Gasteiger charge is -2.05. The van der Waals surface area contributed by atoms with E-state index in [4.69, 9.17) is 4.74 Å². The average Bonchev–Trinajstić information content (AvgIpc) is 2.93. The molecule has 1 aliphatic heterocycles. The molecule has 1 atom stereocenters. The van der Waals surface area contributed by atoms with E-state index < -0.39 is 6.10 Å². The van der Waals surface area contributed by atoms with Crippen LogP contribution in [0.4, 0.5) is 0 Å². The van der Waals surface area contributed by atoms with Crippen molar-refractivity contribution in [2.75, 3.05) is 0 Å². The number of rotatable bonds is 12. The quantitative estimate of drug-likeness (QED) is 0.308. The van der Waals surface area contributed by atoms with Crippen molar-refractivity contribution >= 4 is 11.7 Å². The van der Waals surface area contributed by atoms with Crippen LogP contribution in [-0.2, 0) is 14.3 Å². The standard InChI is InChI=1S/C21H33NO3/c1-4-6-8-9-11-12-17(3)16-18(23)14-15-20-22-21(24)19(25-20)13-10-7-5-2/h14,16,19H,4-13H2,1-3H3,(H,22,24)/b17-16+. The third-order valence-corrected chi connectivity index (χ3v) is 4.27. The molecule has 1 saturated heterocycles. The third-order valence-electron chi connectivity index (χ3n) is 4.27. The summed E-state index contributed by atoms with van der Waals surface area (Å²) in [6.07, 6.45) is 13.5. The lowest BCUT2D eigenvalue weighted by molar-refractivity contribution is -0.123. The molecular weight excluding hydrogens is 314 g/mol. The van der Waals surface area contributed by atoms with Crippen molar-refractivity contribution < 1.29 is 14.3 Å². The molecule has 0 bridgehead atoms. The molecule has 4 heteroatoms. The Morgan fingerprint density at radius 3 is 2.52 bits per heavy atom. The van der Waals surface area contributed by atoms with Crippen molar-refractivity contribution in [1.29, 1.82) is 0 Å². The molecule has 1 N–H and O–H groups in total. The highest BCUT2D eigenvalue weighted by Gasteiger charge is 2.28. The van der Waals surface area contributed by atoms with E-state index in [1.807, 2.05) is 6.92 Å². The van der Waals surface area contributed by atoms with E-state index in [1.54, 1.807) is 6.08 Å². The number of allylic oxidation sites excluding steroid dienone is 3. The van der Waals surface area contributed by atoms with Crippen LogP contribution in [0.2, 0.25) is 0 Å². The molecule has 0 aliphatic carbocycles. The number of hydrogen-bond acceptors (Lipinski definition) is 3. The first kappa shape index (κ1) is 21.2. The molecule has 1 heterocycles. The molecule has 0 aromatic rings. The second-order valence-electron chi connectivity index (χ2n) is 6.77. The van der Waals surface area contributed by atoms with E-state index in [2.05, 4.69) is 24.9 Å². The van der Waals surface area contributed by atoms with Crippen LogP contribution in [0, 0.1) is 0 Å². The van der Waals surface area contributed by atoms with E-state index in [1.165, 1.54) is 31.8 Å². The topological polar surface area (TPSA) is 55.4 Å². The monoisotopic (exact) mass is 347 g/mol. The first-order chi connectivity index (χ1) is 12.1. The van der Waals surface area contributed by atoms with Gasteiger partial charge in [0.15, 0.2) is 11.9 Å². The number of nitrogens with one attached hydrogen (secondary N) is 1. The highest BCUT2D eigenvalue weighted by Crippen LogP contribution is 2.15. The Morgan fingerprint density at radius 2 is 1.80 bits per heavy atom. The largest absolute Gasteiger partial charge is 0.460 e. The third kappa shape index (κ3) is 9.31. The minimum Gasteiger partial charge on any atom is -0.460 e. The summed E-state index contributed by atoms with van der Waals surface area (Å²) in [6.45, 7) is 6.31. The predicted octanol–water partition coefficient (Wildman–Crippen LogP) is 4.95. The van der Waals surface area contributed by atoms with Gasteiger partial charge in [-0.05, 0) is 38.7 Å². The Kier molecular flexibility index (Phi) is 10.7. The van der Waals surface area contributed by atoms with E-state index >= 15 is 0 Å². The van der Waals surface area contributed by atoms with Crippen LogP contribution in [0.3, 0.4) is 0 Å². The zero-order chi connectivity index (χ0) is 18.5. The normalized spacial score (nSPS) is 17.1. The molecule has 0 radical (unpaired) electrons. The van der Waals surface area contributed by atoms with Gasteiger partial charge in [-0.2, -0.15) is 0 Å². The molecule has 1 fully saturated rings. The van der Waals surface area contributed by atoms with Crippen LogP contribution in [0.5, 0.6) is 0 Å². The van der Waals surface area contributed by atoms with Crippen molar-refractivity contribution in [2.45, 2.75) is 91.1 Å². The Bertz CT molecular complexity index is 527. The van der Waals surface area contributed by atoms with E-state index in [0.29, 0.717) is 6.42 Å². The van der Waals surface area contributed by atoms with Crippen molar-refractivity contribution in [3.05, 3.63) is 29.3 Å². The van der Waals surface area contributed by atoms with Gasteiger partial charge in [-0.25, -0.2) is 0 Å². The number of hydrogen-bond donors (Lipinski definition) is 1. The van der Waals surface area contributed by atoms with Gasteiger partial charge in [-0.3, -0.25) is 14.9 Å². The molecule has 25 heavy (non-hydrogen) atoms. The summed E-state index contributed by atoms with van der Waals surface area (Å²) in [4.78, 5) is 23.7. The first-order valence-electron chi connectivity index (χ1n) is 9.72. The molecule has 0 aromatic heterocycles. The number of carbonyl (C=O) groups is 2. The SMILES string of the molecule is CCCCCCC/C(C)=C/C(=O)C=C=C1NC(=O)C(CCCCC)O1. The van der Waals surface area contributed by atoms with Crippen molar-refractivity contribution in [1.82, 2.24) is 5.32 Å². The minimum atomic E-state index is -0.446. The van der Waals surface area contributed by atoms with Gasteiger partial charge in [0.25, 0.3) is 5.91 Å². The summed E-state index contributed by atoms with van der Waals surface area (Å²) in [5.41, 5.74) is 3.85. The van der Waals surface area contributed by atoms with E-state index in [0.717, 1.165) is 37.7 Å². The number of unbranched alkanes of at least 4 members (excludes halogenated alkanes) is 6. The fraction of sp³-hybridized carbons (Fsp3) is 0.667. The lowest BCUT2D eigenvalue weighted by Crippen LogP contribution is -2.22. The summed E-state index contributed by atoms with van der Waals surface area (Å²) in [5.74, 6) is -0.00504. The Morgan fingerprint density at radius 1 is 1.12 bits per heavy atom. The zero-order valence-electron chi connectivity index (χ0n) is 16.0. The highest BCUT2D eigenvalue weighted by molar-refractivity contribution is 5.99. The van der Waals surface area contributed by atoms with Gasteiger partial charge in [-0.1, -0.05) is 63.7 Å². The van der Waals surface area contributed by atoms with Gasteiger partial charge in [-0.15, -0.1) is 0 Å². The van der Waals surface area contributed by atoms with Crippen LogP contribution in [-0.4, -0.2) is 17.8 Å². The summed E-state index contributed by atoms with van der Waals surface area (Å²) < 4.78 is 5.52. The fourth-order valence-corrected chi connectivity index (χ4v) is 2.76. The second-order valence-corrected chi connectivity index (χ2v) is 6.77. The lowest BCUT2D eigenvalue weighted by atomic mass is 10.1. The van der Waals surface area contributed by atoms with Gasteiger partial charge >= 0.3 is 0 Å². The fourth-order valence-electron chi connectivity index (χ4n) is 2.76. The van der Waals surface area contributed by atoms with E-state index in [9.17, 15) is 9.59 Å². The smallest absolute Gasteiger partial charge is 0.268 e. The number of carbonyl (C=O) groups excluding carboxylic acids is 2. The maximum Gasteiger partial charge on any atom is 0.268 e. The van der Waals surface area contributed by atoms with Gasteiger partial charge in [0, 0.05) is 6.08 Å². The van der Waals surface area contributed by atoms with Crippen molar-refractivity contribution in [2.24, 2.45) is 0 Å². The van der Waals surface area contributed by atoms with Crippen LogP contribution in [0.15, 0.2) is 29.3 Å². The second kappa shape index (κ2) is 12.5. The molecule has 1 amide bonds. The summed E-state index contributed by atoms with van der Waals surface area (Å²) in [7, 11) is 0. The first-order valence-corrected chi connectivity index (χ1v) is 9.72. The van der Waals surface area contributed by atoms with Gasteiger partial charge < -0.3 is 4.74 Å². The zero-order valence-corrected chi connectivity index (χ0v) is 16.0. The number of amides is 1. The van der Waals surface area contributed by atoms with Crippen LogP contribution in [0.1, 0.15) is 85.0 Å². The minimum absolute atomic E-state index is 0.120. The number of ketones is 1. The highest BCUT2D eigenvalue weighted by atomic mass is 16.5. The predicted molar refractivity (Wildman–Crippen MR) is 101 cm³/mol. The van der Waals surface area contributed by atoms with Crippen LogP contribution in [0.25, 0.3) is 0 Å². The maximum absolute atomic E-state index is 11.9.